The van der Waals surface area contributed by atoms with Gasteiger partial charge in [-0.1, -0.05) is 29.8 Å². The number of halogens is 2. The smallest absolute Gasteiger partial charge is 0.117 e. The molecule has 2 N–H and O–H groups in total. The van der Waals surface area contributed by atoms with Gasteiger partial charge in [-0.2, -0.15) is 0 Å². The third-order valence-corrected chi connectivity index (χ3v) is 2.11. The highest BCUT2D eigenvalue weighted by molar-refractivity contribution is 6.65. The van der Waals surface area contributed by atoms with Crippen LogP contribution in [0.2, 0.25) is 5.02 Å². The molecule has 0 saturated heterocycles. The summed E-state index contributed by atoms with van der Waals surface area (Å²) in [7, 11) is 0. The molecule has 0 aromatic heterocycles. The van der Waals surface area contributed by atoms with Gasteiger partial charge in [0.25, 0.3) is 0 Å². The molecule has 0 aliphatic rings. The summed E-state index contributed by atoms with van der Waals surface area (Å²) in [5.41, 5.74) is 7.51. The first-order chi connectivity index (χ1) is 7.50. The second-order valence-corrected chi connectivity index (χ2v) is 4.03. The number of hydrogen-bond acceptors (Lipinski definition) is 2. The molecule has 0 spiro atoms. The van der Waals surface area contributed by atoms with Crippen molar-refractivity contribution in [2.24, 2.45) is 9.98 Å². The van der Waals surface area contributed by atoms with Crippen LogP contribution in [0, 0.1) is 0 Å². The number of hydrogen-bond donors (Lipinski definition) is 1. The third-order valence-electron chi connectivity index (χ3n) is 1.78. The fourth-order valence-electron chi connectivity index (χ4n) is 1.03. The minimum atomic E-state index is 0.399. The van der Waals surface area contributed by atoms with Crippen molar-refractivity contribution in [1.82, 2.24) is 0 Å². The van der Waals surface area contributed by atoms with E-state index in [1.54, 1.807) is 25.1 Å². The Labute approximate surface area is 104 Å². The molecule has 0 aliphatic carbocycles. The Morgan fingerprint density at radius 1 is 1.50 bits per heavy atom. The number of nitrogens with zero attached hydrogens (tertiary/aromatic N) is 2. The molecular weight excluding hydrogens is 245 g/mol. The van der Waals surface area contributed by atoms with Gasteiger partial charge in [0, 0.05) is 16.3 Å². The maximum atomic E-state index is 5.85. The summed E-state index contributed by atoms with van der Waals surface area (Å²) in [5, 5.41) is 0.980. The fraction of sp³-hybridized carbons (Fsp3) is 0.0909. The lowest BCUT2D eigenvalue weighted by molar-refractivity contribution is 1.51. The number of nitrogen functional groups attached to an aromatic ring is 1. The van der Waals surface area contributed by atoms with E-state index in [0.29, 0.717) is 27.1 Å². The molecule has 0 heterocycles. The molecule has 1 aromatic carbocycles. The van der Waals surface area contributed by atoms with Crippen LogP contribution in [0.5, 0.6) is 0 Å². The molecule has 5 heteroatoms. The van der Waals surface area contributed by atoms with Crippen LogP contribution >= 0.6 is 23.2 Å². The second-order valence-electron chi connectivity index (χ2n) is 3.05. The molecule has 0 radical (unpaired) electrons. The van der Waals surface area contributed by atoms with Gasteiger partial charge in [0.2, 0.25) is 0 Å². The van der Waals surface area contributed by atoms with Crippen molar-refractivity contribution in [3.05, 3.63) is 35.4 Å². The van der Waals surface area contributed by atoms with E-state index in [-0.39, 0.29) is 0 Å². The van der Waals surface area contributed by atoms with E-state index in [2.05, 4.69) is 16.6 Å². The van der Waals surface area contributed by atoms with Gasteiger partial charge in [0.15, 0.2) is 0 Å². The number of anilines is 1. The monoisotopic (exact) mass is 255 g/mol. The first-order valence-corrected chi connectivity index (χ1v) is 5.23. The zero-order valence-electron chi connectivity index (χ0n) is 8.74. The summed E-state index contributed by atoms with van der Waals surface area (Å²) in [4.78, 5) is 7.80. The molecule has 0 aliphatic heterocycles. The third kappa shape index (κ3) is 3.68. The summed E-state index contributed by atoms with van der Waals surface area (Å²) >= 11 is 11.4. The van der Waals surface area contributed by atoms with Crippen LogP contribution in [-0.4, -0.2) is 11.5 Å². The van der Waals surface area contributed by atoms with E-state index in [1.807, 2.05) is 0 Å². The molecule has 0 amide bonds. The van der Waals surface area contributed by atoms with Crippen LogP contribution in [0.4, 0.5) is 5.69 Å². The molecule has 0 atom stereocenters. The lowest BCUT2D eigenvalue weighted by atomic mass is 10.1. The maximum absolute atomic E-state index is 5.85. The number of benzene rings is 1. The van der Waals surface area contributed by atoms with Gasteiger partial charge in [0.05, 0.1) is 5.70 Å². The van der Waals surface area contributed by atoms with Crippen LogP contribution in [0.3, 0.4) is 0 Å². The topological polar surface area (TPSA) is 50.7 Å². The molecule has 0 saturated carbocycles. The minimum Gasteiger partial charge on any atom is -0.398 e. The molecule has 1 aromatic rings. The van der Waals surface area contributed by atoms with E-state index in [0.717, 1.165) is 0 Å². The normalized spacial score (nSPS) is 12.1. The van der Waals surface area contributed by atoms with Crippen molar-refractivity contribution in [2.45, 2.75) is 6.92 Å². The van der Waals surface area contributed by atoms with Gasteiger partial charge in [-0.25, -0.2) is 9.98 Å². The lowest BCUT2D eigenvalue weighted by Crippen LogP contribution is -1.92. The lowest BCUT2D eigenvalue weighted by Gasteiger charge is -2.04. The number of nitrogens with two attached hydrogens (primary N) is 1. The predicted octanol–water partition coefficient (Wildman–Crippen LogP) is 3.58. The first kappa shape index (κ1) is 12.7. The van der Waals surface area contributed by atoms with Gasteiger partial charge >= 0.3 is 0 Å². The van der Waals surface area contributed by atoms with Crippen molar-refractivity contribution in [2.75, 3.05) is 5.73 Å². The van der Waals surface area contributed by atoms with Crippen molar-refractivity contribution in [3.63, 3.8) is 0 Å². The van der Waals surface area contributed by atoms with Crippen LogP contribution in [-0.2, 0) is 0 Å². The Kier molecular flexibility index (Phi) is 4.52. The highest BCUT2D eigenvalue weighted by atomic mass is 35.5. The Morgan fingerprint density at radius 2 is 2.19 bits per heavy atom. The number of rotatable bonds is 3. The molecule has 0 unspecified atom stereocenters. The largest absolute Gasteiger partial charge is 0.398 e. The minimum absolute atomic E-state index is 0.399. The zero-order valence-corrected chi connectivity index (χ0v) is 10.3. The van der Waals surface area contributed by atoms with Crippen molar-refractivity contribution in [3.8, 4) is 0 Å². The standard InChI is InChI=1S/C11H11Cl2N3/c1-7(15-6-16-8(2)12)10-5-9(13)3-4-11(10)14/h3-6H,1,14H2,2H3. The molecule has 0 bridgehead atoms. The second kappa shape index (κ2) is 5.68. The fourth-order valence-corrected chi connectivity index (χ4v) is 1.24. The molecule has 1 rings (SSSR count). The van der Waals surface area contributed by atoms with E-state index < -0.39 is 0 Å². The zero-order chi connectivity index (χ0) is 12.1. The van der Waals surface area contributed by atoms with Crippen molar-refractivity contribution in [1.29, 1.82) is 0 Å². The van der Waals surface area contributed by atoms with Gasteiger partial charge in [-0.3, -0.25) is 0 Å². The van der Waals surface area contributed by atoms with E-state index in [4.69, 9.17) is 28.9 Å². The van der Waals surface area contributed by atoms with Crippen molar-refractivity contribution >= 4 is 46.1 Å². The summed E-state index contributed by atoms with van der Waals surface area (Å²) in [6.45, 7) is 5.43. The summed E-state index contributed by atoms with van der Waals surface area (Å²) in [5.74, 6) is 0. The molecule has 84 valence electrons. The van der Waals surface area contributed by atoms with Gasteiger partial charge in [-0.05, 0) is 25.1 Å². The highest BCUT2D eigenvalue weighted by Gasteiger charge is 2.02. The molecule has 16 heavy (non-hydrogen) atoms. The maximum Gasteiger partial charge on any atom is 0.117 e. The van der Waals surface area contributed by atoms with E-state index >= 15 is 0 Å². The summed E-state index contributed by atoms with van der Waals surface area (Å²) in [6.07, 6.45) is 1.32. The summed E-state index contributed by atoms with van der Waals surface area (Å²) in [6, 6.07) is 5.11. The first-order valence-electron chi connectivity index (χ1n) is 4.47. The molecule has 3 nitrogen and oxygen atoms in total. The highest BCUT2D eigenvalue weighted by Crippen LogP contribution is 2.24. The average Bonchev–Trinajstić information content (AvgIpc) is 2.21. The van der Waals surface area contributed by atoms with E-state index in [1.165, 1.54) is 6.34 Å². The van der Waals surface area contributed by atoms with E-state index in [9.17, 15) is 0 Å². The van der Waals surface area contributed by atoms with Crippen LogP contribution in [0.1, 0.15) is 12.5 Å². The Bertz CT molecular complexity index is 460. The van der Waals surface area contributed by atoms with Gasteiger partial charge < -0.3 is 5.73 Å². The van der Waals surface area contributed by atoms with Crippen LogP contribution in [0.15, 0.2) is 34.8 Å². The van der Waals surface area contributed by atoms with Crippen LogP contribution < -0.4 is 5.73 Å². The van der Waals surface area contributed by atoms with Gasteiger partial charge in [-0.15, -0.1) is 0 Å². The quantitative estimate of drug-likeness (QED) is 0.501. The SMILES string of the molecule is C=C(N=CN=C(C)Cl)c1cc(Cl)ccc1N. The van der Waals surface area contributed by atoms with Crippen molar-refractivity contribution < 1.29 is 0 Å². The Morgan fingerprint density at radius 3 is 2.81 bits per heavy atom. The predicted molar refractivity (Wildman–Crippen MR) is 72.4 cm³/mol. The molecule has 0 fully saturated rings. The van der Waals surface area contributed by atoms with Crippen LogP contribution in [0.25, 0.3) is 5.70 Å². The average molecular weight is 256 g/mol. The number of aliphatic imine (C=N–C) groups is 2. The summed E-state index contributed by atoms with van der Waals surface area (Å²) < 4.78 is 0. The Hall–Kier alpha value is -1.32. The Balaban J connectivity index is 2.93. The molecular formula is C11H11Cl2N3. The van der Waals surface area contributed by atoms with Gasteiger partial charge in [0.1, 0.15) is 11.5 Å².